The smallest absolute Gasteiger partial charge is 0.330 e. The van der Waals surface area contributed by atoms with Crippen LogP contribution in [0.1, 0.15) is 6.92 Å². The van der Waals surface area contributed by atoms with E-state index in [2.05, 4.69) is 15.2 Å². The third-order valence-electron chi connectivity index (χ3n) is 3.07. The summed E-state index contributed by atoms with van der Waals surface area (Å²) < 4.78 is 10.5. The molecule has 0 saturated carbocycles. The Morgan fingerprint density at radius 2 is 2.26 bits per heavy atom. The first-order valence-electron chi connectivity index (χ1n) is 7.14. The zero-order chi connectivity index (χ0) is 16.1. The number of aromatic amines is 1. The second kappa shape index (κ2) is 7.15. The summed E-state index contributed by atoms with van der Waals surface area (Å²) in [6, 6.07) is 7.92. The van der Waals surface area contributed by atoms with Crippen LogP contribution in [0.5, 0.6) is 0 Å². The molecule has 0 aliphatic carbocycles. The molecule has 118 valence electrons. The fraction of sp³-hybridized carbons (Fsp3) is 0.188. The van der Waals surface area contributed by atoms with Crippen molar-refractivity contribution in [1.29, 1.82) is 0 Å². The first-order chi connectivity index (χ1) is 11.3. The Kier molecular flexibility index (Phi) is 4.77. The van der Waals surface area contributed by atoms with Gasteiger partial charge in [0.15, 0.2) is 0 Å². The van der Waals surface area contributed by atoms with Gasteiger partial charge < -0.3 is 14.1 Å². The minimum atomic E-state index is -0.349. The van der Waals surface area contributed by atoms with Gasteiger partial charge in [-0.1, -0.05) is 36.0 Å². The summed E-state index contributed by atoms with van der Waals surface area (Å²) >= 11 is 1.36. The maximum atomic E-state index is 11.2. The monoisotopic (exact) mass is 329 g/mol. The van der Waals surface area contributed by atoms with Crippen molar-refractivity contribution in [2.75, 3.05) is 12.4 Å². The van der Waals surface area contributed by atoms with Crippen molar-refractivity contribution < 1.29 is 13.9 Å². The third-order valence-corrected chi connectivity index (χ3v) is 3.84. The van der Waals surface area contributed by atoms with Gasteiger partial charge in [-0.15, -0.1) is 10.2 Å². The molecule has 0 atom stereocenters. The third kappa shape index (κ3) is 3.62. The molecule has 3 aromatic rings. The minimum absolute atomic E-state index is 0.349. The summed E-state index contributed by atoms with van der Waals surface area (Å²) in [5.41, 5.74) is 1.90. The van der Waals surface area contributed by atoms with E-state index in [-0.39, 0.29) is 5.97 Å². The first-order valence-corrected chi connectivity index (χ1v) is 8.12. The molecule has 0 fully saturated rings. The van der Waals surface area contributed by atoms with Gasteiger partial charge in [0.05, 0.1) is 12.2 Å². The van der Waals surface area contributed by atoms with Crippen LogP contribution in [0.25, 0.3) is 22.4 Å². The Morgan fingerprint density at radius 1 is 1.39 bits per heavy atom. The number of fused-ring (bicyclic) bond motifs is 1. The van der Waals surface area contributed by atoms with Crippen molar-refractivity contribution in [2.24, 2.45) is 0 Å². The van der Waals surface area contributed by atoms with Gasteiger partial charge in [-0.2, -0.15) is 0 Å². The Morgan fingerprint density at radius 3 is 3.13 bits per heavy atom. The molecular formula is C16H15N3O3S. The molecule has 0 aliphatic rings. The molecule has 0 radical (unpaired) electrons. The summed E-state index contributed by atoms with van der Waals surface area (Å²) in [6.07, 6.45) is 4.96. The fourth-order valence-electron chi connectivity index (χ4n) is 2.08. The molecule has 3 rings (SSSR count). The highest BCUT2D eigenvalue weighted by atomic mass is 32.2. The predicted octanol–water partition coefficient (Wildman–Crippen LogP) is 3.43. The molecule has 0 bridgehead atoms. The fourth-order valence-corrected chi connectivity index (χ4v) is 2.65. The average Bonchev–Trinajstić information content (AvgIpc) is 3.18. The number of esters is 1. The summed E-state index contributed by atoms with van der Waals surface area (Å²) in [5, 5.41) is 9.59. The Bertz CT molecular complexity index is 838. The van der Waals surface area contributed by atoms with E-state index in [1.165, 1.54) is 17.8 Å². The van der Waals surface area contributed by atoms with Gasteiger partial charge in [0.2, 0.25) is 0 Å². The van der Waals surface area contributed by atoms with Gasteiger partial charge in [-0.05, 0) is 13.0 Å². The molecule has 1 aromatic carbocycles. The van der Waals surface area contributed by atoms with Crippen molar-refractivity contribution in [1.82, 2.24) is 15.2 Å². The zero-order valence-electron chi connectivity index (χ0n) is 12.5. The standard InChI is InChI=1S/C16H15N3O3S/c1-2-21-14(20)8-5-9-23-16-19-18-15(22-16)12-10-17-13-7-4-3-6-11(12)13/h3-8,10,17H,2,9H2,1H3/b8-5+. The van der Waals surface area contributed by atoms with Gasteiger partial charge >= 0.3 is 5.97 Å². The number of nitrogens with zero attached hydrogens (tertiary/aromatic N) is 2. The van der Waals surface area contributed by atoms with E-state index in [1.807, 2.05) is 30.5 Å². The lowest BCUT2D eigenvalue weighted by Gasteiger charge is -1.94. The number of hydrogen-bond acceptors (Lipinski definition) is 6. The van der Waals surface area contributed by atoms with Crippen LogP contribution in [0.3, 0.4) is 0 Å². The quantitative estimate of drug-likeness (QED) is 0.424. The number of nitrogens with one attached hydrogen (secondary N) is 1. The Labute approximate surface area is 136 Å². The van der Waals surface area contributed by atoms with Gasteiger partial charge in [-0.3, -0.25) is 0 Å². The van der Waals surface area contributed by atoms with Gasteiger partial charge in [0, 0.05) is 28.9 Å². The summed E-state index contributed by atoms with van der Waals surface area (Å²) in [6.45, 7) is 2.14. The van der Waals surface area contributed by atoms with Crippen molar-refractivity contribution in [2.45, 2.75) is 12.1 Å². The van der Waals surface area contributed by atoms with E-state index in [0.717, 1.165) is 16.5 Å². The second-order valence-corrected chi connectivity index (χ2v) is 5.56. The number of thioether (sulfide) groups is 1. The zero-order valence-corrected chi connectivity index (χ0v) is 13.3. The van der Waals surface area contributed by atoms with E-state index in [1.54, 1.807) is 13.0 Å². The number of carbonyl (C=O) groups is 1. The topological polar surface area (TPSA) is 81.0 Å². The van der Waals surface area contributed by atoms with Crippen LogP contribution in [0.15, 0.2) is 52.3 Å². The first kappa shape index (κ1) is 15.4. The number of hydrogen-bond donors (Lipinski definition) is 1. The van der Waals surface area contributed by atoms with Crippen LogP contribution in [-0.4, -0.2) is 33.5 Å². The second-order valence-electron chi connectivity index (χ2n) is 4.59. The number of para-hydroxylation sites is 1. The van der Waals surface area contributed by atoms with E-state index in [0.29, 0.717) is 23.5 Å². The number of aromatic nitrogens is 3. The van der Waals surface area contributed by atoms with Gasteiger partial charge in [0.25, 0.3) is 11.1 Å². The molecule has 0 saturated heterocycles. The average molecular weight is 329 g/mol. The Balaban J connectivity index is 1.65. The highest BCUT2D eigenvalue weighted by Crippen LogP contribution is 2.29. The number of ether oxygens (including phenoxy) is 1. The summed E-state index contributed by atoms with van der Waals surface area (Å²) in [4.78, 5) is 14.3. The van der Waals surface area contributed by atoms with Crippen LogP contribution >= 0.6 is 11.8 Å². The molecule has 2 heterocycles. The Hall–Kier alpha value is -2.54. The van der Waals surface area contributed by atoms with Gasteiger partial charge in [-0.25, -0.2) is 4.79 Å². The predicted molar refractivity (Wildman–Crippen MR) is 88.1 cm³/mol. The molecule has 0 amide bonds. The molecule has 0 spiro atoms. The lowest BCUT2D eigenvalue weighted by Crippen LogP contribution is -1.98. The van der Waals surface area contributed by atoms with Crippen LogP contribution in [0, 0.1) is 0 Å². The number of carbonyl (C=O) groups excluding carboxylic acids is 1. The lowest BCUT2D eigenvalue weighted by molar-refractivity contribution is -0.137. The van der Waals surface area contributed by atoms with E-state index >= 15 is 0 Å². The van der Waals surface area contributed by atoms with Crippen molar-refractivity contribution in [3.8, 4) is 11.5 Å². The highest BCUT2D eigenvalue weighted by Gasteiger charge is 2.12. The largest absolute Gasteiger partial charge is 0.463 e. The normalized spacial score (nSPS) is 11.3. The van der Waals surface area contributed by atoms with Crippen LogP contribution < -0.4 is 0 Å². The molecule has 0 aliphatic heterocycles. The van der Waals surface area contributed by atoms with Crippen molar-refractivity contribution in [3.63, 3.8) is 0 Å². The van der Waals surface area contributed by atoms with E-state index < -0.39 is 0 Å². The molecule has 6 nitrogen and oxygen atoms in total. The molecular weight excluding hydrogens is 314 g/mol. The number of rotatable bonds is 6. The number of H-pyrrole nitrogens is 1. The number of benzene rings is 1. The van der Waals surface area contributed by atoms with E-state index in [9.17, 15) is 4.79 Å². The molecule has 23 heavy (non-hydrogen) atoms. The van der Waals surface area contributed by atoms with E-state index in [4.69, 9.17) is 9.15 Å². The lowest BCUT2D eigenvalue weighted by atomic mass is 10.2. The highest BCUT2D eigenvalue weighted by molar-refractivity contribution is 7.99. The van der Waals surface area contributed by atoms with Gasteiger partial charge in [0.1, 0.15) is 0 Å². The molecule has 0 unspecified atom stereocenters. The maximum Gasteiger partial charge on any atom is 0.330 e. The van der Waals surface area contributed by atoms with Crippen molar-refractivity contribution in [3.05, 3.63) is 42.6 Å². The van der Waals surface area contributed by atoms with Crippen molar-refractivity contribution >= 4 is 28.6 Å². The maximum absolute atomic E-state index is 11.2. The molecule has 1 N–H and O–H groups in total. The van der Waals surface area contributed by atoms with Crippen LogP contribution in [0.2, 0.25) is 0 Å². The SMILES string of the molecule is CCOC(=O)/C=C/CSc1nnc(-c2c[nH]c3ccccc23)o1. The van der Waals surface area contributed by atoms with Crippen LogP contribution in [-0.2, 0) is 9.53 Å². The van der Waals surface area contributed by atoms with Crippen LogP contribution in [0.4, 0.5) is 0 Å². The minimum Gasteiger partial charge on any atom is -0.463 e. The summed E-state index contributed by atoms with van der Waals surface area (Å²) in [5.74, 6) is 0.673. The molecule has 7 heteroatoms. The molecule has 2 aromatic heterocycles. The summed E-state index contributed by atoms with van der Waals surface area (Å²) in [7, 11) is 0.